The van der Waals surface area contributed by atoms with E-state index in [-0.39, 0.29) is 6.61 Å². The van der Waals surface area contributed by atoms with E-state index in [1.807, 2.05) is 0 Å². The fourth-order valence-electron chi connectivity index (χ4n) is 9.67. The van der Waals surface area contributed by atoms with Gasteiger partial charge in [0.25, 0.3) is 0 Å². The van der Waals surface area contributed by atoms with Crippen LogP contribution in [0.2, 0.25) is 0 Å². The third-order valence-electron chi connectivity index (χ3n) is 14.2. The third-order valence-corrected chi connectivity index (χ3v) is 14.2. The first-order chi connectivity index (χ1) is 31.1. The van der Waals surface area contributed by atoms with E-state index in [9.17, 15) is 20.1 Å². The van der Waals surface area contributed by atoms with Gasteiger partial charge in [-0.15, -0.1) is 0 Å². The molecule has 1 amide bonds. The summed E-state index contributed by atoms with van der Waals surface area (Å²) in [6.45, 7) is 4.28. The van der Waals surface area contributed by atoms with E-state index in [4.69, 9.17) is 0 Å². The molecule has 0 aliphatic heterocycles. The highest BCUT2D eigenvalue weighted by molar-refractivity contribution is 5.80. The standard InChI is InChI=1S/C58H117NO4/c1-3-5-7-9-11-13-15-17-19-21-23-25-27-28-29-30-31-33-35-37-39-41-43-45-47-49-51-53-57(62)58(63)59-55(54-60)56(61)52-50-48-46-44-42-40-38-36-34-32-26-24-22-20-18-16-14-12-10-8-6-4-2/h55-57,60-62H,3-54H2,1-2H3,(H,59,63). The molecule has 378 valence electrons. The van der Waals surface area contributed by atoms with Gasteiger partial charge < -0.3 is 20.6 Å². The van der Waals surface area contributed by atoms with Gasteiger partial charge in [0, 0.05) is 0 Å². The first-order valence-corrected chi connectivity index (χ1v) is 29.3. The second kappa shape index (κ2) is 54.0. The summed E-state index contributed by atoms with van der Waals surface area (Å²) < 4.78 is 0. The number of hydrogen-bond acceptors (Lipinski definition) is 4. The first-order valence-electron chi connectivity index (χ1n) is 29.3. The summed E-state index contributed by atoms with van der Waals surface area (Å²) in [4.78, 5) is 12.6. The van der Waals surface area contributed by atoms with Crippen molar-refractivity contribution in [2.45, 2.75) is 360 Å². The van der Waals surface area contributed by atoms with Crippen LogP contribution in [0, 0.1) is 0 Å². The highest BCUT2D eigenvalue weighted by Crippen LogP contribution is 2.19. The van der Waals surface area contributed by atoms with E-state index < -0.39 is 24.2 Å². The molecule has 0 saturated heterocycles. The zero-order chi connectivity index (χ0) is 45.8. The van der Waals surface area contributed by atoms with Gasteiger partial charge in [-0.25, -0.2) is 0 Å². The monoisotopic (exact) mass is 892 g/mol. The number of nitrogens with one attached hydrogen (secondary N) is 1. The SMILES string of the molecule is CCCCCCCCCCCCCCCCCCCCCCCCCCCCCC(O)C(=O)NC(CO)C(O)CCCCCCCCCCCCCCCCCCCCCCCC. The maximum atomic E-state index is 12.6. The topological polar surface area (TPSA) is 89.8 Å². The number of aliphatic hydroxyl groups is 3. The van der Waals surface area contributed by atoms with Crippen molar-refractivity contribution in [2.24, 2.45) is 0 Å². The molecular formula is C58H117NO4. The van der Waals surface area contributed by atoms with Crippen molar-refractivity contribution in [3.05, 3.63) is 0 Å². The molecule has 0 aromatic rings. The summed E-state index contributed by atoms with van der Waals surface area (Å²) in [7, 11) is 0. The van der Waals surface area contributed by atoms with Gasteiger partial charge in [0.15, 0.2) is 0 Å². The van der Waals surface area contributed by atoms with Gasteiger partial charge in [-0.05, 0) is 12.8 Å². The average molecular weight is 893 g/mol. The summed E-state index contributed by atoms with van der Waals surface area (Å²) >= 11 is 0. The van der Waals surface area contributed by atoms with Crippen LogP contribution >= 0.6 is 0 Å². The Morgan fingerprint density at radius 2 is 0.508 bits per heavy atom. The van der Waals surface area contributed by atoms with Crippen LogP contribution in [0.4, 0.5) is 0 Å². The first kappa shape index (κ1) is 62.4. The molecular weight excluding hydrogens is 775 g/mol. The highest BCUT2D eigenvalue weighted by atomic mass is 16.3. The molecule has 4 N–H and O–H groups in total. The number of hydrogen-bond donors (Lipinski definition) is 4. The van der Waals surface area contributed by atoms with Crippen LogP contribution in [0.15, 0.2) is 0 Å². The fraction of sp³-hybridized carbons (Fsp3) is 0.983. The van der Waals surface area contributed by atoms with Gasteiger partial charge in [-0.3, -0.25) is 4.79 Å². The Balaban J connectivity index is 3.48. The molecule has 0 rings (SSSR count). The number of unbranched alkanes of at least 4 members (excludes halogenated alkanes) is 47. The summed E-state index contributed by atoms with van der Waals surface area (Å²) in [6.07, 6.45) is 65.9. The van der Waals surface area contributed by atoms with E-state index >= 15 is 0 Å². The second-order valence-corrected chi connectivity index (χ2v) is 20.6. The molecule has 0 aromatic heterocycles. The zero-order valence-corrected chi connectivity index (χ0v) is 43.3. The van der Waals surface area contributed by atoms with Crippen LogP contribution in [0.1, 0.15) is 341 Å². The molecule has 3 unspecified atom stereocenters. The molecule has 0 saturated carbocycles. The van der Waals surface area contributed by atoms with Crippen LogP contribution in [0.25, 0.3) is 0 Å². The Hall–Kier alpha value is -0.650. The van der Waals surface area contributed by atoms with Gasteiger partial charge in [0.05, 0.1) is 18.8 Å². The normalized spacial score (nSPS) is 13.2. The molecule has 5 nitrogen and oxygen atoms in total. The Bertz CT molecular complexity index is 853. The van der Waals surface area contributed by atoms with Gasteiger partial charge in [-0.2, -0.15) is 0 Å². The predicted octanol–water partition coefficient (Wildman–Crippen LogP) is 18.1. The predicted molar refractivity (Wildman–Crippen MR) is 278 cm³/mol. The van der Waals surface area contributed by atoms with E-state index in [0.717, 1.165) is 32.1 Å². The maximum Gasteiger partial charge on any atom is 0.249 e. The van der Waals surface area contributed by atoms with E-state index in [0.29, 0.717) is 12.8 Å². The number of carbonyl (C=O) groups is 1. The van der Waals surface area contributed by atoms with Crippen molar-refractivity contribution in [2.75, 3.05) is 6.61 Å². The Morgan fingerprint density at radius 3 is 0.714 bits per heavy atom. The average Bonchev–Trinajstić information content (AvgIpc) is 3.29. The summed E-state index contributed by atoms with van der Waals surface area (Å²) in [6, 6.07) is -0.708. The van der Waals surface area contributed by atoms with E-state index in [1.165, 1.54) is 283 Å². The number of amides is 1. The van der Waals surface area contributed by atoms with Gasteiger partial charge in [0.1, 0.15) is 6.10 Å². The summed E-state index contributed by atoms with van der Waals surface area (Å²) in [5.74, 6) is -0.461. The van der Waals surface area contributed by atoms with Crippen LogP contribution in [-0.4, -0.2) is 46.1 Å². The fourth-order valence-corrected chi connectivity index (χ4v) is 9.67. The van der Waals surface area contributed by atoms with E-state index in [2.05, 4.69) is 19.2 Å². The van der Waals surface area contributed by atoms with Gasteiger partial charge in [-0.1, -0.05) is 328 Å². The lowest BCUT2D eigenvalue weighted by atomic mass is 10.0. The van der Waals surface area contributed by atoms with Crippen molar-refractivity contribution in [3.63, 3.8) is 0 Å². The Labute approximate surface area is 396 Å². The summed E-state index contributed by atoms with van der Waals surface area (Å²) in [5.41, 5.74) is 0. The number of carbonyl (C=O) groups excluding carboxylic acids is 1. The Morgan fingerprint density at radius 1 is 0.317 bits per heavy atom. The molecule has 0 aromatic carbocycles. The number of aliphatic hydroxyl groups excluding tert-OH is 3. The third kappa shape index (κ3) is 49.1. The quantitative estimate of drug-likeness (QED) is 0.0458. The zero-order valence-electron chi connectivity index (χ0n) is 43.3. The summed E-state index contributed by atoms with van der Waals surface area (Å²) in [5, 5.41) is 33.6. The van der Waals surface area contributed by atoms with Crippen LogP contribution in [0.3, 0.4) is 0 Å². The highest BCUT2D eigenvalue weighted by Gasteiger charge is 2.23. The van der Waals surface area contributed by atoms with Gasteiger partial charge >= 0.3 is 0 Å². The molecule has 63 heavy (non-hydrogen) atoms. The minimum Gasteiger partial charge on any atom is -0.394 e. The molecule has 0 bridgehead atoms. The lowest BCUT2D eigenvalue weighted by Gasteiger charge is -2.23. The molecule has 3 atom stereocenters. The van der Waals surface area contributed by atoms with Crippen LogP contribution in [0.5, 0.6) is 0 Å². The lowest BCUT2D eigenvalue weighted by molar-refractivity contribution is -0.131. The van der Waals surface area contributed by atoms with Crippen molar-refractivity contribution in [1.82, 2.24) is 5.32 Å². The Kier molecular flexibility index (Phi) is 53.4. The van der Waals surface area contributed by atoms with Crippen molar-refractivity contribution in [1.29, 1.82) is 0 Å². The molecule has 0 fully saturated rings. The van der Waals surface area contributed by atoms with Crippen LogP contribution in [-0.2, 0) is 4.79 Å². The van der Waals surface area contributed by atoms with Crippen molar-refractivity contribution >= 4 is 5.91 Å². The van der Waals surface area contributed by atoms with Crippen molar-refractivity contribution in [3.8, 4) is 0 Å². The molecule has 0 spiro atoms. The maximum absolute atomic E-state index is 12.6. The minimum atomic E-state index is -1.07. The second-order valence-electron chi connectivity index (χ2n) is 20.6. The van der Waals surface area contributed by atoms with Gasteiger partial charge in [0.2, 0.25) is 5.91 Å². The molecule has 0 aliphatic rings. The molecule has 5 heteroatoms. The van der Waals surface area contributed by atoms with Crippen molar-refractivity contribution < 1.29 is 20.1 Å². The largest absolute Gasteiger partial charge is 0.394 e. The lowest BCUT2D eigenvalue weighted by Crippen LogP contribution is -2.49. The molecule has 0 heterocycles. The van der Waals surface area contributed by atoms with Crippen LogP contribution < -0.4 is 5.32 Å². The minimum absolute atomic E-state index is 0.307. The number of rotatable bonds is 55. The van der Waals surface area contributed by atoms with E-state index in [1.54, 1.807) is 0 Å². The molecule has 0 aliphatic carbocycles. The smallest absolute Gasteiger partial charge is 0.249 e. The molecule has 0 radical (unpaired) electrons.